The molecule has 1 aliphatic rings. The molecule has 1 fully saturated rings. The quantitative estimate of drug-likeness (QED) is 0.806. The van der Waals surface area contributed by atoms with Gasteiger partial charge in [-0.2, -0.15) is 4.37 Å². The topological polar surface area (TPSA) is 85.5 Å². The van der Waals surface area contributed by atoms with Gasteiger partial charge in [-0.05, 0) is 11.5 Å². The number of hydrogen-bond acceptors (Lipinski definition) is 7. The van der Waals surface area contributed by atoms with Crippen molar-refractivity contribution >= 4 is 32.2 Å². The number of rotatable bonds is 2. The molecule has 16 heavy (non-hydrogen) atoms. The summed E-state index contributed by atoms with van der Waals surface area (Å²) in [5.74, 6) is 1.25. The van der Waals surface area contributed by atoms with Gasteiger partial charge in [-0.3, -0.25) is 0 Å². The van der Waals surface area contributed by atoms with Gasteiger partial charge in [0, 0.05) is 13.1 Å². The van der Waals surface area contributed by atoms with E-state index in [1.807, 2.05) is 4.90 Å². The number of anilines is 2. The number of nitrogens with two attached hydrogens (primary N) is 1. The summed E-state index contributed by atoms with van der Waals surface area (Å²) in [7, 11) is -1.33. The van der Waals surface area contributed by atoms with Gasteiger partial charge in [0.2, 0.25) is 0 Å². The fourth-order valence-corrected chi connectivity index (χ4v) is 3.63. The maximum absolute atomic E-state index is 11.3. The van der Waals surface area contributed by atoms with Crippen molar-refractivity contribution in [1.29, 1.82) is 0 Å². The van der Waals surface area contributed by atoms with E-state index in [4.69, 9.17) is 10.5 Å². The first-order valence-corrected chi connectivity index (χ1v) is 7.37. The molecule has 2 N–H and O–H groups in total. The third-order valence-electron chi connectivity index (χ3n) is 2.49. The van der Waals surface area contributed by atoms with Crippen molar-refractivity contribution in [3.63, 3.8) is 0 Å². The number of sulfone groups is 1. The van der Waals surface area contributed by atoms with Crippen LogP contribution in [-0.4, -0.2) is 44.5 Å². The summed E-state index contributed by atoms with van der Waals surface area (Å²) in [6.07, 6.45) is 0. The van der Waals surface area contributed by atoms with Crippen molar-refractivity contribution in [2.75, 3.05) is 42.3 Å². The zero-order valence-corrected chi connectivity index (χ0v) is 10.5. The third kappa shape index (κ3) is 2.07. The molecule has 2 heterocycles. The molecule has 1 aliphatic heterocycles. The standard InChI is InChI=1S/C8H13N3O3S2/c1-14-6-7(9)10-15-8(6)11-2-4-16(12,13)5-3-11/h2-5H2,1H3,(H2,9,10). The van der Waals surface area contributed by atoms with E-state index < -0.39 is 9.84 Å². The smallest absolute Gasteiger partial charge is 0.197 e. The Morgan fingerprint density at radius 3 is 2.62 bits per heavy atom. The Balaban J connectivity index is 2.20. The summed E-state index contributed by atoms with van der Waals surface area (Å²) in [4.78, 5) is 1.95. The highest BCUT2D eigenvalue weighted by Crippen LogP contribution is 2.38. The molecule has 0 spiro atoms. The highest BCUT2D eigenvalue weighted by molar-refractivity contribution is 7.91. The van der Waals surface area contributed by atoms with E-state index in [1.54, 1.807) is 0 Å². The SMILES string of the molecule is COc1c(N)nsc1N1CCS(=O)(=O)CC1. The lowest BCUT2D eigenvalue weighted by Gasteiger charge is -2.27. The van der Waals surface area contributed by atoms with Crippen LogP contribution in [0.1, 0.15) is 0 Å². The van der Waals surface area contributed by atoms with Crippen LogP contribution in [0.25, 0.3) is 0 Å². The van der Waals surface area contributed by atoms with Gasteiger partial charge in [0.25, 0.3) is 0 Å². The fraction of sp³-hybridized carbons (Fsp3) is 0.625. The second-order valence-corrected chi connectivity index (χ2v) is 6.60. The van der Waals surface area contributed by atoms with Gasteiger partial charge >= 0.3 is 0 Å². The fourth-order valence-electron chi connectivity index (χ4n) is 1.59. The van der Waals surface area contributed by atoms with E-state index in [9.17, 15) is 8.42 Å². The Kier molecular flexibility index (Phi) is 2.94. The maximum atomic E-state index is 11.3. The van der Waals surface area contributed by atoms with Gasteiger partial charge in [-0.15, -0.1) is 0 Å². The molecule has 0 aromatic carbocycles. The molecule has 6 nitrogen and oxygen atoms in total. The second kappa shape index (κ2) is 4.10. The minimum atomic E-state index is -2.87. The minimum Gasteiger partial charge on any atom is -0.490 e. The van der Waals surface area contributed by atoms with Crippen LogP contribution in [0.2, 0.25) is 0 Å². The first-order chi connectivity index (χ1) is 7.53. The molecule has 1 aromatic heterocycles. The zero-order chi connectivity index (χ0) is 11.8. The number of methoxy groups -OCH3 is 1. The Morgan fingerprint density at radius 2 is 2.06 bits per heavy atom. The Bertz CT molecular complexity index is 469. The van der Waals surface area contributed by atoms with E-state index >= 15 is 0 Å². The summed E-state index contributed by atoms with van der Waals surface area (Å²) >= 11 is 1.24. The second-order valence-electron chi connectivity index (χ2n) is 3.55. The zero-order valence-electron chi connectivity index (χ0n) is 8.84. The third-order valence-corrected chi connectivity index (χ3v) is 5.01. The highest BCUT2D eigenvalue weighted by atomic mass is 32.2. The van der Waals surface area contributed by atoms with E-state index in [1.165, 1.54) is 18.6 Å². The van der Waals surface area contributed by atoms with E-state index in [-0.39, 0.29) is 11.5 Å². The molecule has 0 amide bonds. The van der Waals surface area contributed by atoms with Gasteiger partial charge in [0.05, 0.1) is 18.6 Å². The summed E-state index contributed by atoms with van der Waals surface area (Å²) in [6.45, 7) is 0.945. The summed E-state index contributed by atoms with van der Waals surface area (Å²) in [6, 6.07) is 0. The molecular formula is C8H13N3O3S2. The normalized spacial score (nSPS) is 19.7. The average Bonchev–Trinajstić information content (AvgIpc) is 2.59. The van der Waals surface area contributed by atoms with Crippen molar-refractivity contribution in [3.8, 4) is 5.75 Å². The van der Waals surface area contributed by atoms with Gasteiger partial charge in [0.1, 0.15) is 0 Å². The van der Waals surface area contributed by atoms with Crippen LogP contribution in [0, 0.1) is 0 Å². The van der Waals surface area contributed by atoms with Crippen molar-refractivity contribution < 1.29 is 13.2 Å². The van der Waals surface area contributed by atoms with Crippen molar-refractivity contribution in [2.45, 2.75) is 0 Å². The van der Waals surface area contributed by atoms with Gasteiger partial charge in [-0.25, -0.2) is 8.42 Å². The van der Waals surface area contributed by atoms with Crippen LogP contribution in [0.15, 0.2) is 0 Å². The number of nitrogen functional groups attached to an aromatic ring is 1. The number of aromatic nitrogens is 1. The molecule has 8 heteroatoms. The molecule has 90 valence electrons. The predicted octanol–water partition coefficient (Wildman–Crippen LogP) is -0.0313. The Hall–Kier alpha value is -1.02. The molecule has 0 bridgehead atoms. The molecule has 1 aromatic rings. The maximum Gasteiger partial charge on any atom is 0.197 e. The lowest BCUT2D eigenvalue weighted by atomic mass is 10.4. The molecule has 0 radical (unpaired) electrons. The summed E-state index contributed by atoms with van der Waals surface area (Å²) in [5, 5.41) is 0.815. The Morgan fingerprint density at radius 1 is 1.44 bits per heavy atom. The monoisotopic (exact) mass is 263 g/mol. The predicted molar refractivity (Wildman–Crippen MR) is 63.9 cm³/mol. The van der Waals surface area contributed by atoms with Crippen LogP contribution in [0.4, 0.5) is 10.8 Å². The van der Waals surface area contributed by atoms with Gasteiger partial charge in [0.15, 0.2) is 26.4 Å². The molecule has 0 saturated carbocycles. The van der Waals surface area contributed by atoms with Crippen LogP contribution in [0.5, 0.6) is 5.75 Å². The highest BCUT2D eigenvalue weighted by Gasteiger charge is 2.26. The van der Waals surface area contributed by atoms with Gasteiger partial charge in [-0.1, -0.05) is 0 Å². The molecular weight excluding hydrogens is 250 g/mol. The largest absolute Gasteiger partial charge is 0.490 e. The van der Waals surface area contributed by atoms with Crippen LogP contribution < -0.4 is 15.4 Å². The average molecular weight is 263 g/mol. The minimum absolute atomic E-state index is 0.175. The van der Waals surface area contributed by atoms with Crippen molar-refractivity contribution in [1.82, 2.24) is 4.37 Å². The first-order valence-electron chi connectivity index (χ1n) is 4.78. The van der Waals surface area contributed by atoms with Crippen molar-refractivity contribution in [2.24, 2.45) is 0 Å². The van der Waals surface area contributed by atoms with Crippen molar-refractivity contribution in [3.05, 3.63) is 0 Å². The first kappa shape index (κ1) is 11.5. The van der Waals surface area contributed by atoms with E-state index in [2.05, 4.69) is 4.37 Å². The molecule has 0 unspecified atom stereocenters. The van der Waals surface area contributed by atoms with Gasteiger partial charge < -0.3 is 15.4 Å². The molecule has 1 saturated heterocycles. The molecule has 0 atom stereocenters. The summed E-state index contributed by atoms with van der Waals surface area (Å²) < 4.78 is 31.7. The molecule has 0 aliphatic carbocycles. The van der Waals surface area contributed by atoms with Crippen LogP contribution in [-0.2, 0) is 9.84 Å². The number of ether oxygens (including phenoxy) is 1. The van der Waals surface area contributed by atoms with E-state index in [0.717, 1.165) is 5.00 Å². The number of hydrogen-bond donors (Lipinski definition) is 1. The lowest BCUT2D eigenvalue weighted by Crippen LogP contribution is -2.40. The van der Waals surface area contributed by atoms with Crippen LogP contribution in [0.3, 0.4) is 0 Å². The van der Waals surface area contributed by atoms with E-state index in [0.29, 0.717) is 24.7 Å². The Labute approximate surface area is 98.1 Å². The van der Waals surface area contributed by atoms with Crippen LogP contribution >= 0.6 is 11.5 Å². The molecule has 2 rings (SSSR count). The number of nitrogens with zero attached hydrogens (tertiary/aromatic N) is 2. The summed E-state index contributed by atoms with van der Waals surface area (Å²) in [5.41, 5.74) is 5.64. The lowest BCUT2D eigenvalue weighted by molar-refractivity contribution is 0.417.